The lowest BCUT2D eigenvalue weighted by molar-refractivity contribution is 0.470. The number of H-pyrrole nitrogens is 1. The van der Waals surface area contributed by atoms with Crippen LogP contribution in [-0.4, -0.2) is 17.6 Å². The number of aromatic amines is 1. The van der Waals surface area contributed by atoms with E-state index in [9.17, 15) is 0 Å². The zero-order valence-electron chi connectivity index (χ0n) is 11.5. The first-order valence-corrected chi connectivity index (χ1v) is 7.13. The van der Waals surface area contributed by atoms with E-state index in [2.05, 4.69) is 54.5 Å². The van der Waals surface area contributed by atoms with Gasteiger partial charge in [-0.15, -0.1) is 0 Å². The zero-order valence-corrected chi connectivity index (χ0v) is 11.5. The standard InChI is InChI=1S/C16H24N2/c1-3-7-14(17-10-4-2)12-15-11-13-8-5-6-9-16(13)18-15/h5-6,8-9,11,14,17-18H,3-4,7,10,12H2,1-2H3. The van der Waals surface area contributed by atoms with Gasteiger partial charge >= 0.3 is 0 Å². The van der Waals surface area contributed by atoms with Crippen LogP contribution in [0.3, 0.4) is 0 Å². The molecule has 1 heterocycles. The number of rotatable bonds is 7. The normalized spacial score (nSPS) is 13.0. The van der Waals surface area contributed by atoms with Crippen LogP contribution in [0.1, 0.15) is 38.8 Å². The van der Waals surface area contributed by atoms with Gasteiger partial charge in [-0.25, -0.2) is 0 Å². The first-order chi connectivity index (χ1) is 8.83. The Balaban J connectivity index is 2.05. The highest BCUT2D eigenvalue weighted by atomic mass is 14.9. The van der Waals surface area contributed by atoms with Crippen molar-refractivity contribution >= 4 is 10.9 Å². The third kappa shape index (κ3) is 3.36. The van der Waals surface area contributed by atoms with Crippen molar-refractivity contribution in [3.63, 3.8) is 0 Å². The van der Waals surface area contributed by atoms with E-state index in [0.717, 1.165) is 13.0 Å². The predicted octanol–water partition coefficient (Wildman–Crippen LogP) is 3.88. The summed E-state index contributed by atoms with van der Waals surface area (Å²) in [4.78, 5) is 3.52. The molecular weight excluding hydrogens is 220 g/mol. The maximum Gasteiger partial charge on any atom is 0.0456 e. The van der Waals surface area contributed by atoms with Crippen LogP contribution in [0, 0.1) is 0 Å². The van der Waals surface area contributed by atoms with Crippen molar-refractivity contribution in [3.8, 4) is 0 Å². The lowest BCUT2D eigenvalue weighted by atomic mass is 10.1. The molecule has 0 aliphatic carbocycles. The van der Waals surface area contributed by atoms with Crippen LogP contribution >= 0.6 is 0 Å². The second-order valence-electron chi connectivity index (χ2n) is 5.03. The van der Waals surface area contributed by atoms with Crippen molar-refractivity contribution in [2.75, 3.05) is 6.54 Å². The van der Waals surface area contributed by atoms with Crippen molar-refractivity contribution in [1.82, 2.24) is 10.3 Å². The molecule has 0 aliphatic rings. The van der Waals surface area contributed by atoms with E-state index < -0.39 is 0 Å². The Kier molecular flexibility index (Phi) is 4.82. The molecule has 0 saturated carbocycles. The van der Waals surface area contributed by atoms with Crippen LogP contribution in [0.2, 0.25) is 0 Å². The van der Waals surface area contributed by atoms with E-state index in [4.69, 9.17) is 0 Å². The topological polar surface area (TPSA) is 27.8 Å². The second kappa shape index (κ2) is 6.60. The first-order valence-electron chi connectivity index (χ1n) is 7.13. The van der Waals surface area contributed by atoms with Gasteiger partial charge in [-0.1, -0.05) is 38.5 Å². The monoisotopic (exact) mass is 244 g/mol. The van der Waals surface area contributed by atoms with Crippen LogP contribution in [-0.2, 0) is 6.42 Å². The highest BCUT2D eigenvalue weighted by molar-refractivity contribution is 5.80. The number of fused-ring (bicyclic) bond motifs is 1. The molecule has 18 heavy (non-hydrogen) atoms. The third-order valence-corrected chi connectivity index (χ3v) is 3.37. The molecule has 1 aromatic heterocycles. The SMILES string of the molecule is CCCNC(CCC)Cc1cc2ccccc2[nH]1. The molecule has 0 aliphatic heterocycles. The van der Waals surface area contributed by atoms with Crippen LogP contribution < -0.4 is 5.32 Å². The van der Waals surface area contributed by atoms with Gasteiger partial charge in [0.25, 0.3) is 0 Å². The van der Waals surface area contributed by atoms with Crippen molar-refractivity contribution in [3.05, 3.63) is 36.0 Å². The minimum absolute atomic E-state index is 0.600. The van der Waals surface area contributed by atoms with E-state index >= 15 is 0 Å². The van der Waals surface area contributed by atoms with Gasteiger partial charge in [-0.05, 0) is 36.9 Å². The van der Waals surface area contributed by atoms with Gasteiger partial charge in [0.15, 0.2) is 0 Å². The van der Waals surface area contributed by atoms with E-state index in [0.29, 0.717) is 6.04 Å². The molecule has 2 nitrogen and oxygen atoms in total. The molecule has 0 radical (unpaired) electrons. The Bertz CT molecular complexity index is 440. The maximum absolute atomic E-state index is 3.64. The zero-order chi connectivity index (χ0) is 12.8. The number of nitrogens with one attached hydrogen (secondary N) is 2. The van der Waals surface area contributed by atoms with Gasteiger partial charge in [-0.2, -0.15) is 0 Å². The Morgan fingerprint density at radius 3 is 2.72 bits per heavy atom. The molecule has 2 N–H and O–H groups in total. The Morgan fingerprint density at radius 2 is 2.00 bits per heavy atom. The minimum atomic E-state index is 0.600. The Hall–Kier alpha value is -1.28. The van der Waals surface area contributed by atoms with Crippen molar-refractivity contribution in [1.29, 1.82) is 0 Å². The largest absolute Gasteiger partial charge is 0.358 e. The average Bonchev–Trinajstić information content (AvgIpc) is 2.78. The molecule has 2 rings (SSSR count). The van der Waals surface area contributed by atoms with Crippen LogP contribution in [0.15, 0.2) is 30.3 Å². The highest BCUT2D eigenvalue weighted by Gasteiger charge is 2.09. The molecule has 98 valence electrons. The van der Waals surface area contributed by atoms with Crippen molar-refractivity contribution in [2.24, 2.45) is 0 Å². The quantitative estimate of drug-likeness (QED) is 0.760. The van der Waals surface area contributed by atoms with E-state index in [-0.39, 0.29) is 0 Å². The summed E-state index contributed by atoms with van der Waals surface area (Å²) in [5.74, 6) is 0. The molecule has 0 bridgehead atoms. The lowest BCUT2D eigenvalue weighted by Crippen LogP contribution is -2.31. The van der Waals surface area contributed by atoms with Gasteiger partial charge in [0.2, 0.25) is 0 Å². The molecule has 0 saturated heterocycles. The smallest absolute Gasteiger partial charge is 0.0456 e. The van der Waals surface area contributed by atoms with Gasteiger partial charge < -0.3 is 10.3 Å². The van der Waals surface area contributed by atoms with Gasteiger partial charge in [0, 0.05) is 23.7 Å². The van der Waals surface area contributed by atoms with Crippen LogP contribution in [0.25, 0.3) is 10.9 Å². The summed E-state index contributed by atoms with van der Waals surface area (Å²) in [7, 11) is 0. The number of benzene rings is 1. The highest BCUT2D eigenvalue weighted by Crippen LogP contribution is 2.16. The van der Waals surface area contributed by atoms with Crippen molar-refractivity contribution in [2.45, 2.75) is 45.6 Å². The summed E-state index contributed by atoms with van der Waals surface area (Å²) >= 11 is 0. The van der Waals surface area contributed by atoms with E-state index in [1.54, 1.807) is 0 Å². The Labute approximate surface area is 110 Å². The second-order valence-corrected chi connectivity index (χ2v) is 5.03. The third-order valence-electron chi connectivity index (χ3n) is 3.37. The van der Waals surface area contributed by atoms with Crippen LogP contribution in [0.5, 0.6) is 0 Å². The molecule has 1 unspecified atom stereocenters. The van der Waals surface area contributed by atoms with Gasteiger partial charge in [-0.3, -0.25) is 0 Å². The molecular formula is C16H24N2. The summed E-state index contributed by atoms with van der Waals surface area (Å²) in [5, 5.41) is 4.96. The van der Waals surface area contributed by atoms with Gasteiger partial charge in [0.05, 0.1) is 0 Å². The fraction of sp³-hybridized carbons (Fsp3) is 0.500. The predicted molar refractivity (Wildman–Crippen MR) is 79.0 cm³/mol. The molecule has 1 aromatic carbocycles. The molecule has 1 atom stereocenters. The summed E-state index contributed by atoms with van der Waals surface area (Å²) in [5.41, 5.74) is 2.59. The fourth-order valence-electron chi connectivity index (χ4n) is 2.48. The minimum Gasteiger partial charge on any atom is -0.358 e. The fourth-order valence-corrected chi connectivity index (χ4v) is 2.48. The molecule has 0 spiro atoms. The molecule has 0 fully saturated rings. The maximum atomic E-state index is 3.64. The van der Waals surface area contributed by atoms with Crippen molar-refractivity contribution < 1.29 is 0 Å². The summed E-state index contributed by atoms with van der Waals surface area (Å²) in [6.07, 6.45) is 4.78. The molecule has 0 amide bonds. The van der Waals surface area contributed by atoms with E-state index in [1.165, 1.54) is 35.9 Å². The number of hydrogen-bond donors (Lipinski definition) is 2. The Morgan fingerprint density at radius 1 is 1.17 bits per heavy atom. The molecule has 2 heteroatoms. The summed E-state index contributed by atoms with van der Waals surface area (Å²) in [6.45, 7) is 5.59. The first kappa shape index (κ1) is 13.2. The lowest BCUT2D eigenvalue weighted by Gasteiger charge is -2.16. The summed E-state index contributed by atoms with van der Waals surface area (Å²) < 4.78 is 0. The summed E-state index contributed by atoms with van der Waals surface area (Å²) in [6, 6.07) is 11.4. The number of para-hydroxylation sites is 1. The van der Waals surface area contributed by atoms with Gasteiger partial charge in [0.1, 0.15) is 0 Å². The molecule has 2 aromatic rings. The number of hydrogen-bond acceptors (Lipinski definition) is 1. The average molecular weight is 244 g/mol. The number of aromatic nitrogens is 1. The van der Waals surface area contributed by atoms with Crippen LogP contribution in [0.4, 0.5) is 0 Å². The van der Waals surface area contributed by atoms with E-state index in [1.807, 2.05) is 0 Å².